The van der Waals surface area contributed by atoms with Crippen LogP contribution in [-0.4, -0.2) is 56.6 Å². The Labute approximate surface area is 191 Å². The van der Waals surface area contributed by atoms with Crippen molar-refractivity contribution < 1.29 is 13.5 Å². The van der Waals surface area contributed by atoms with Crippen LogP contribution in [0.5, 0.6) is 0 Å². The molecule has 3 aromatic heterocycles. The molecule has 0 aliphatic carbocycles. The van der Waals surface area contributed by atoms with E-state index in [2.05, 4.69) is 20.9 Å². The molecular weight excluding hydrogens is 440 g/mol. The van der Waals surface area contributed by atoms with Gasteiger partial charge in [-0.3, -0.25) is 0 Å². The topological polar surface area (TPSA) is 117 Å². The van der Waals surface area contributed by atoms with Gasteiger partial charge in [0.15, 0.2) is 5.65 Å². The summed E-state index contributed by atoms with van der Waals surface area (Å²) in [4.78, 5) is 11.5. The molecule has 0 bridgehead atoms. The highest BCUT2D eigenvalue weighted by Gasteiger charge is 2.30. The van der Waals surface area contributed by atoms with Crippen LogP contribution in [0.15, 0.2) is 53.7 Å². The molecule has 1 fully saturated rings. The highest BCUT2D eigenvalue weighted by atomic mass is 32.2. The summed E-state index contributed by atoms with van der Waals surface area (Å²) in [5.41, 5.74) is 1.71. The van der Waals surface area contributed by atoms with Crippen molar-refractivity contribution in [3.05, 3.63) is 54.6 Å². The number of pyridine rings is 1. The zero-order valence-corrected chi connectivity index (χ0v) is 19.0. The number of likely N-dealkylation sites (tertiary alicyclic amines) is 1. The number of aromatic nitrogens is 4. The summed E-state index contributed by atoms with van der Waals surface area (Å²) in [5, 5.41) is 20.1. The molecule has 1 saturated heterocycles. The number of nitriles is 1. The number of benzene rings is 1. The molecule has 0 amide bonds. The number of nitrogens with zero attached hydrogens (tertiary/aromatic N) is 6. The third-order valence-electron chi connectivity index (χ3n) is 6.18. The molecule has 0 radical (unpaired) electrons. The fourth-order valence-electron chi connectivity index (χ4n) is 4.66. The molecule has 170 valence electrons. The minimum atomic E-state index is -3.82. The number of aliphatic hydroxyl groups is 1. The van der Waals surface area contributed by atoms with E-state index in [0.29, 0.717) is 35.3 Å². The molecule has 33 heavy (non-hydrogen) atoms. The first-order chi connectivity index (χ1) is 15.9. The van der Waals surface area contributed by atoms with Gasteiger partial charge in [0.25, 0.3) is 10.0 Å². The summed E-state index contributed by atoms with van der Waals surface area (Å²) in [6, 6.07) is 12.3. The van der Waals surface area contributed by atoms with Crippen LogP contribution < -0.4 is 0 Å². The Hall–Kier alpha value is -3.26. The smallest absolute Gasteiger partial charge is 0.269 e. The minimum absolute atomic E-state index is 0.0537. The Morgan fingerprint density at radius 3 is 2.79 bits per heavy atom. The van der Waals surface area contributed by atoms with E-state index in [0.717, 1.165) is 25.0 Å². The summed E-state index contributed by atoms with van der Waals surface area (Å²) < 4.78 is 29.8. The van der Waals surface area contributed by atoms with Crippen LogP contribution in [0.1, 0.15) is 37.7 Å². The lowest BCUT2D eigenvalue weighted by atomic mass is 10.2. The van der Waals surface area contributed by atoms with Gasteiger partial charge in [-0.05, 0) is 31.5 Å². The molecule has 9 nitrogen and oxygen atoms in total. The Morgan fingerprint density at radius 1 is 1.27 bits per heavy atom. The molecule has 4 heterocycles. The maximum atomic E-state index is 13.3. The van der Waals surface area contributed by atoms with E-state index in [-0.39, 0.29) is 10.9 Å². The summed E-state index contributed by atoms with van der Waals surface area (Å²) in [6.45, 7) is 3.96. The summed E-state index contributed by atoms with van der Waals surface area (Å²) in [5.74, 6) is 0.532. The van der Waals surface area contributed by atoms with Crippen molar-refractivity contribution in [1.82, 2.24) is 23.4 Å². The monoisotopic (exact) mass is 464 g/mol. The third kappa shape index (κ3) is 3.58. The van der Waals surface area contributed by atoms with Gasteiger partial charge in [-0.1, -0.05) is 18.2 Å². The lowest BCUT2D eigenvalue weighted by Crippen LogP contribution is -2.23. The van der Waals surface area contributed by atoms with Crippen molar-refractivity contribution in [3.63, 3.8) is 0 Å². The molecule has 5 rings (SSSR count). The summed E-state index contributed by atoms with van der Waals surface area (Å²) >= 11 is 0. The van der Waals surface area contributed by atoms with Crippen LogP contribution in [0, 0.1) is 11.3 Å². The fraction of sp³-hybridized carbons (Fsp3) is 0.348. The molecular formula is C23H24N6O3S. The number of hydrogen-bond acceptors (Lipinski definition) is 7. The first-order valence-corrected chi connectivity index (χ1v) is 12.3. The van der Waals surface area contributed by atoms with Crippen molar-refractivity contribution in [2.45, 2.75) is 36.8 Å². The normalized spacial score (nSPS) is 18.2. The van der Waals surface area contributed by atoms with Gasteiger partial charge in [-0.15, -0.1) is 0 Å². The van der Waals surface area contributed by atoms with E-state index in [1.807, 2.05) is 4.57 Å². The summed E-state index contributed by atoms with van der Waals surface area (Å²) in [7, 11) is -3.82. The van der Waals surface area contributed by atoms with Crippen LogP contribution >= 0.6 is 0 Å². The Bertz CT molecular complexity index is 1470. The molecule has 1 aliphatic heterocycles. The SMILES string of the molecule is C[C@@H](O)c1nc2cnc3c(ccn3S(=O)(=O)c3ccccc3)c2n1C1CCN(CCC#N)C1. The van der Waals surface area contributed by atoms with E-state index in [4.69, 9.17) is 5.26 Å². The van der Waals surface area contributed by atoms with Crippen LogP contribution in [-0.2, 0) is 10.0 Å². The fourth-order valence-corrected chi connectivity index (χ4v) is 5.99. The van der Waals surface area contributed by atoms with Gasteiger partial charge in [0.1, 0.15) is 17.4 Å². The van der Waals surface area contributed by atoms with Gasteiger partial charge in [-0.25, -0.2) is 22.4 Å². The quantitative estimate of drug-likeness (QED) is 0.466. The van der Waals surface area contributed by atoms with Crippen LogP contribution in [0.25, 0.3) is 22.1 Å². The average Bonchev–Trinajstić information content (AvgIpc) is 3.53. The predicted molar refractivity (Wildman–Crippen MR) is 123 cm³/mol. The van der Waals surface area contributed by atoms with E-state index < -0.39 is 16.1 Å². The molecule has 1 N–H and O–H groups in total. The molecule has 0 saturated carbocycles. The lowest BCUT2D eigenvalue weighted by Gasteiger charge is -2.19. The van der Waals surface area contributed by atoms with E-state index in [9.17, 15) is 13.5 Å². The largest absolute Gasteiger partial charge is 0.385 e. The van der Waals surface area contributed by atoms with Crippen molar-refractivity contribution in [1.29, 1.82) is 5.26 Å². The molecule has 1 unspecified atom stereocenters. The van der Waals surface area contributed by atoms with Gasteiger partial charge in [0.05, 0.1) is 22.7 Å². The van der Waals surface area contributed by atoms with E-state index in [1.165, 1.54) is 10.2 Å². The summed E-state index contributed by atoms with van der Waals surface area (Å²) in [6.07, 6.45) is 3.61. The van der Waals surface area contributed by atoms with Crippen LogP contribution in [0.2, 0.25) is 0 Å². The molecule has 0 spiro atoms. The molecule has 1 aromatic carbocycles. The lowest BCUT2D eigenvalue weighted by molar-refractivity contribution is 0.181. The standard InChI is InChI=1S/C23H24N6O3S/c1-16(30)22-26-20-14-25-23-19(9-13-28(23)33(31,32)18-6-3-2-4-7-18)21(20)29(22)17-8-12-27(15-17)11-5-10-24/h2-4,6-7,9,13-14,16-17,30H,5,8,11-12,15H2,1H3/t16-,17?/m1/s1. The zero-order valence-electron chi connectivity index (χ0n) is 18.2. The van der Waals surface area contributed by atoms with Crippen molar-refractivity contribution in [2.75, 3.05) is 19.6 Å². The van der Waals surface area contributed by atoms with Gasteiger partial charge in [0.2, 0.25) is 0 Å². The van der Waals surface area contributed by atoms with Crippen molar-refractivity contribution >= 4 is 32.1 Å². The highest BCUT2D eigenvalue weighted by Crippen LogP contribution is 2.35. The zero-order chi connectivity index (χ0) is 23.2. The third-order valence-corrected chi connectivity index (χ3v) is 7.86. The first kappa shape index (κ1) is 21.6. The number of hydrogen-bond donors (Lipinski definition) is 1. The molecule has 1 aliphatic rings. The Balaban J connectivity index is 1.67. The first-order valence-electron chi connectivity index (χ1n) is 10.9. The maximum Gasteiger partial charge on any atom is 0.269 e. The van der Waals surface area contributed by atoms with Gasteiger partial charge in [-0.2, -0.15) is 5.26 Å². The second-order valence-electron chi connectivity index (χ2n) is 8.33. The molecule has 2 atom stereocenters. The molecule has 4 aromatic rings. The number of fused-ring (bicyclic) bond motifs is 3. The van der Waals surface area contributed by atoms with Crippen LogP contribution in [0.4, 0.5) is 0 Å². The average molecular weight is 465 g/mol. The van der Waals surface area contributed by atoms with Gasteiger partial charge in [0, 0.05) is 43.7 Å². The second-order valence-corrected chi connectivity index (χ2v) is 10.1. The van der Waals surface area contributed by atoms with Gasteiger partial charge < -0.3 is 14.6 Å². The van der Waals surface area contributed by atoms with E-state index >= 15 is 0 Å². The van der Waals surface area contributed by atoms with Crippen molar-refractivity contribution in [3.8, 4) is 6.07 Å². The van der Waals surface area contributed by atoms with Crippen LogP contribution in [0.3, 0.4) is 0 Å². The number of rotatable bonds is 6. The molecule has 10 heteroatoms. The maximum absolute atomic E-state index is 13.3. The highest BCUT2D eigenvalue weighted by molar-refractivity contribution is 7.90. The Kier molecular flexibility index (Phi) is 5.40. The predicted octanol–water partition coefficient (Wildman–Crippen LogP) is 2.84. The van der Waals surface area contributed by atoms with E-state index in [1.54, 1.807) is 49.5 Å². The number of aliphatic hydroxyl groups excluding tert-OH is 1. The Morgan fingerprint density at radius 2 is 2.06 bits per heavy atom. The second kappa shape index (κ2) is 8.26. The van der Waals surface area contributed by atoms with Gasteiger partial charge >= 0.3 is 0 Å². The van der Waals surface area contributed by atoms with Crippen molar-refractivity contribution in [2.24, 2.45) is 0 Å². The number of imidazole rings is 1. The minimum Gasteiger partial charge on any atom is -0.385 e.